The van der Waals surface area contributed by atoms with E-state index in [4.69, 9.17) is 0 Å². The van der Waals surface area contributed by atoms with E-state index >= 15 is 0 Å². The number of nitrogens with zero attached hydrogens (tertiary/aromatic N) is 1. The van der Waals surface area contributed by atoms with Crippen molar-refractivity contribution in [3.05, 3.63) is 29.8 Å². The van der Waals surface area contributed by atoms with Crippen molar-refractivity contribution in [2.45, 2.75) is 38.3 Å². The second kappa shape index (κ2) is 6.21. The highest BCUT2D eigenvalue weighted by Crippen LogP contribution is 2.28. The second-order valence-corrected chi connectivity index (χ2v) is 5.21. The van der Waals surface area contributed by atoms with Crippen LogP contribution in [0.3, 0.4) is 0 Å². The molecule has 0 amide bonds. The summed E-state index contributed by atoms with van der Waals surface area (Å²) < 4.78 is 0. The van der Waals surface area contributed by atoms with Crippen LogP contribution in [0, 0.1) is 0 Å². The zero-order valence-corrected chi connectivity index (χ0v) is 11.4. The van der Waals surface area contributed by atoms with E-state index < -0.39 is 0 Å². The molecule has 1 aliphatic heterocycles. The van der Waals surface area contributed by atoms with Crippen LogP contribution in [0.25, 0.3) is 0 Å². The van der Waals surface area contributed by atoms with Crippen LogP contribution in [0.5, 0.6) is 5.75 Å². The molecule has 2 atom stereocenters. The van der Waals surface area contributed by atoms with Gasteiger partial charge < -0.3 is 10.4 Å². The Morgan fingerprint density at radius 3 is 2.72 bits per heavy atom. The van der Waals surface area contributed by atoms with Gasteiger partial charge in [-0.05, 0) is 51.1 Å². The fraction of sp³-hybridized carbons (Fsp3) is 0.600. The molecule has 0 saturated carbocycles. The first-order valence-corrected chi connectivity index (χ1v) is 6.91. The van der Waals surface area contributed by atoms with E-state index in [1.54, 1.807) is 12.1 Å². The monoisotopic (exact) mass is 248 g/mol. The average Bonchev–Trinajstić information content (AvgIpc) is 2.40. The number of rotatable bonds is 4. The molecular weight excluding hydrogens is 224 g/mol. The lowest BCUT2D eigenvalue weighted by molar-refractivity contribution is 0.103. The molecule has 1 aliphatic rings. The summed E-state index contributed by atoms with van der Waals surface area (Å²) in [6.45, 7) is 4.50. The topological polar surface area (TPSA) is 35.5 Å². The maximum Gasteiger partial charge on any atom is 0.115 e. The molecule has 0 spiro atoms. The van der Waals surface area contributed by atoms with Gasteiger partial charge in [0.25, 0.3) is 0 Å². The van der Waals surface area contributed by atoms with Crippen LogP contribution in [0.2, 0.25) is 0 Å². The number of likely N-dealkylation sites (tertiary alicyclic amines) is 1. The minimum atomic E-state index is 0.344. The Hall–Kier alpha value is -1.06. The smallest absolute Gasteiger partial charge is 0.115 e. The van der Waals surface area contributed by atoms with E-state index in [2.05, 4.69) is 17.1 Å². The van der Waals surface area contributed by atoms with Gasteiger partial charge in [0.1, 0.15) is 5.75 Å². The highest BCUT2D eigenvalue weighted by molar-refractivity contribution is 5.27. The predicted octanol–water partition coefficient (Wildman–Crippen LogP) is 2.53. The molecule has 2 N–H and O–H groups in total. The maximum atomic E-state index is 9.36. The first kappa shape index (κ1) is 13.4. The van der Waals surface area contributed by atoms with Crippen LogP contribution in [0.15, 0.2) is 24.3 Å². The minimum Gasteiger partial charge on any atom is -0.508 e. The SMILES string of the molecule is CNCC1CCCCN1C(C)c1ccc(O)cc1. The first-order chi connectivity index (χ1) is 8.72. The summed E-state index contributed by atoms with van der Waals surface area (Å²) in [6.07, 6.45) is 3.91. The molecule has 2 rings (SSSR count). The number of likely N-dealkylation sites (N-methyl/N-ethyl adjacent to an activating group) is 1. The van der Waals surface area contributed by atoms with Gasteiger partial charge in [0.15, 0.2) is 0 Å². The molecule has 1 saturated heterocycles. The van der Waals surface area contributed by atoms with Crippen LogP contribution in [0.1, 0.15) is 37.8 Å². The Labute approximate surface area is 110 Å². The summed E-state index contributed by atoms with van der Waals surface area (Å²) in [7, 11) is 2.03. The van der Waals surface area contributed by atoms with Gasteiger partial charge >= 0.3 is 0 Å². The van der Waals surface area contributed by atoms with Crippen LogP contribution in [-0.4, -0.2) is 36.2 Å². The molecule has 2 unspecified atom stereocenters. The minimum absolute atomic E-state index is 0.344. The van der Waals surface area contributed by atoms with Gasteiger partial charge in [0.05, 0.1) is 0 Å². The molecule has 18 heavy (non-hydrogen) atoms. The van der Waals surface area contributed by atoms with Gasteiger partial charge in [-0.15, -0.1) is 0 Å². The number of hydrogen-bond acceptors (Lipinski definition) is 3. The van der Waals surface area contributed by atoms with E-state index in [1.807, 2.05) is 19.2 Å². The normalized spacial score (nSPS) is 22.9. The summed E-state index contributed by atoms with van der Waals surface area (Å²) in [5.41, 5.74) is 1.29. The van der Waals surface area contributed by atoms with Gasteiger partial charge in [0.2, 0.25) is 0 Å². The molecule has 1 fully saturated rings. The molecule has 0 aromatic heterocycles. The Bertz CT molecular complexity index is 361. The van der Waals surface area contributed by atoms with Crippen molar-refractivity contribution < 1.29 is 5.11 Å². The Morgan fingerprint density at radius 2 is 2.06 bits per heavy atom. The fourth-order valence-electron chi connectivity index (χ4n) is 2.93. The number of phenols is 1. The standard InChI is InChI=1S/C15H24N2O/c1-12(13-6-8-15(18)9-7-13)17-10-4-3-5-14(17)11-16-2/h6-9,12,14,16,18H,3-5,10-11H2,1-2H3. The lowest BCUT2D eigenvalue weighted by Gasteiger charge is -2.40. The molecule has 0 radical (unpaired) electrons. The summed E-state index contributed by atoms with van der Waals surface area (Å²) >= 11 is 0. The third kappa shape index (κ3) is 3.03. The van der Waals surface area contributed by atoms with Crippen molar-refractivity contribution >= 4 is 0 Å². The number of hydrogen-bond donors (Lipinski definition) is 2. The second-order valence-electron chi connectivity index (χ2n) is 5.21. The fourth-order valence-corrected chi connectivity index (χ4v) is 2.93. The molecule has 3 nitrogen and oxygen atoms in total. The van der Waals surface area contributed by atoms with Crippen molar-refractivity contribution in [2.75, 3.05) is 20.1 Å². The summed E-state index contributed by atoms with van der Waals surface area (Å²) in [4.78, 5) is 2.59. The van der Waals surface area contributed by atoms with E-state index in [9.17, 15) is 5.11 Å². The maximum absolute atomic E-state index is 9.36. The first-order valence-electron chi connectivity index (χ1n) is 6.91. The molecule has 1 aromatic rings. The van der Waals surface area contributed by atoms with Gasteiger partial charge in [0, 0.05) is 18.6 Å². The largest absolute Gasteiger partial charge is 0.508 e. The van der Waals surface area contributed by atoms with Gasteiger partial charge in [-0.3, -0.25) is 4.90 Å². The van der Waals surface area contributed by atoms with Crippen molar-refractivity contribution in [3.63, 3.8) is 0 Å². The van der Waals surface area contributed by atoms with Crippen molar-refractivity contribution in [1.82, 2.24) is 10.2 Å². The van der Waals surface area contributed by atoms with Crippen LogP contribution < -0.4 is 5.32 Å². The van der Waals surface area contributed by atoms with E-state index in [-0.39, 0.29) is 0 Å². The Kier molecular flexibility index (Phi) is 4.61. The highest BCUT2D eigenvalue weighted by Gasteiger charge is 2.26. The van der Waals surface area contributed by atoms with Gasteiger partial charge in [-0.25, -0.2) is 0 Å². The van der Waals surface area contributed by atoms with E-state index in [0.717, 1.165) is 6.54 Å². The van der Waals surface area contributed by atoms with Gasteiger partial charge in [-0.1, -0.05) is 18.6 Å². The van der Waals surface area contributed by atoms with Crippen LogP contribution >= 0.6 is 0 Å². The molecule has 3 heteroatoms. The zero-order chi connectivity index (χ0) is 13.0. The van der Waals surface area contributed by atoms with E-state index in [0.29, 0.717) is 17.8 Å². The molecule has 100 valence electrons. The number of phenolic OH excluding ortho intramolecular Hbond substituents is 1. The zero-order valence-electron chi connectivity index (χ0n) is 11.4. The summed E-state index contributed by atoms with van der Waals surface area (Å²) in [5.74, 6) is 0.344. The Balaban J connectivity index is 2.09. The van der Waals surface area contributed by atoms with Crippen molar-refractivity contribution in [1.29, 1.82) is 0 Å². The number of nitrogens with one attached hydrogen (secondary N) is 1. The molecule has 1 aromatic carbocycles. The van der Waals surface area contributed by atoms with Crippen LogP contribution in [-0.2, 0) is 0 Å². The quantitative estimate of drug-likeness (QED) is 0.859. The Morgan fingerprint density at radius 1 is 1.33 bits per heavy atom. The average molecular weight is 248 g/mol. The summed E-state index contributed by atoms with van der Waals surface area (Å²) in [5, 5.41) is 12.7. The van der Waals surface area contributed by atoms with Gasteiger partial charge in [-0.2, -0.15) is 0 Å². The molecule has 1 heterocycles. The van der Waals surface area contributed by atoms with Crippen molar-refractivity contribution in [3.8, 4) is 5.75 Å². The third-order valence-corrected chi connectivity index (χ3v) is 3.99. The number of aromatic hydroxyl groups is 1. The number of piperidine rings is 1. The molecular formula is C15H24N2O. The van der Waals surface area contributed by atoms with Crippen LogP contribution in [0.4, 0.5) is 0 Å². The van der Waals surface area contributed by atoms with Crippen molar-refractivity contribution in [2.24, 2.45) is 0 Å². The van der Waals surface area contributed by atoms with E-state index in [1.165, 1.54) is 31.4 Å². The molecule has 0 bridgehead atoms. The highest BCUT2D eigenvalue weighted by atomic mass is 16.3. The summed E-state index contributed by atoms with van der Waals surface area (Å²) in [6, 6.07) is 8.68. The third-order valence-electron chi connectivity index (χ3n) is 3.99. The molecule has 0 aliphatic carbocycles. The predicted molar refractivity (Wildman–Crippen MR) is 74.8 cm³/mol. The lowest BCUT2D eigenvalue weighted by Crippen LogP contribution is -2.45. The lowest BCUT2D eigenvalue weighted by atomic mass is 9.97. The number of benzene rings is 1.